The van der Waals surface area contributed by atoms with E-state index in [9.17, 15) is 18.3 Å². The van der Waals surface area contributed by atoms with Crippen LogP contribution in [0.2, 0.25) is 0 Å². The van der Waals surface area contributed by atoms with Crippen LogP contribution in [-0.4, -0.2) is 51.7 Å². The van der Waals surface area contributed by atoms with Crippen LogP contribution in [-0.2, 0) is 10.0 Å². The fourth-order valence-electron chi connectivity index (χ4n) is 2.29. The van der Waals surface area contributed by atoms with Gasteiger partial charge in [-0.2, -0.15) is 0 Å². The predicted octanol–water partition coefficient (Wildman–Crippen LogP) is -0.539. The summed E-state index contributed by atoms with van der Waals surface area (Å²) in [5.74, 6) is -0.311. The van der Waals surface area contributed by atoms with Crippen molar-refractivity contribution in [2.24, 2.45) is 5.92 Å². The highest BCUT2D eigenvalue weighted by atomic mass is 32.2. The normalized spacial score (nSPS) is 21.1. The number of carbonyl (C=O) groups excluding carboxylic acids is 1. The van der Waals surface area contributed by atoms with E-state index >= 15 is 0 Å². The van der Waals surface area contributed by atoms with E-state index < -0.39 is 16.1 Å². The van der Waals surface area contributed by atoms with E-state index in [1.165, 1.54) is 30.3 Å². The molecule has 0 aliphatic carbocycles. The zero-order valence-corrected chi connectivity index (χ0v) is 13.5. The summed E-state index contributed by atoms with van der Waals surface area (Å²) in [7, 11) is -3.59. The molecule has 0 bridgehead atoms. The Hall–Kier alpha value is -1.74. The van der Waals surface area contributed by atoms with Crippen molar-refractivity contribution in [3.8, 4) is 0 Å². The van der Waals surface area contributed by atoms with Gasteiger partial charge in [0.2, 0.25) is 10.0 Å². The second-order valence-electron chi connectivity index (χ2n) is 5.36. The summed E-state index contributed by atoms with van der Waals surface area (Å²) in [5.41, 5.74) is 0.369. The summed E-state index contributed by atoms with van der Waals surface area (Å²) in [5, 5.41) is 15.5. The molecule has 0 saturated carbocycles. The molecule has 1 fully saturated rings. The van der Waals surface area contributed by atoms with Crippen LogP contribution in [0.15, 0.2) is 41.8 Å². The number of aliphatic hydroxyl groups is 1. The van der Waals surface area contributed by atoms with E-state index in [-0.39, 0.29) is 23.3 Å². The Balaban J connectivity index is 1.96. The van der Waals surface area contributed by atoms with Crippen molar-refractivity contribution >= 4 is 15.9 Å². The number of hydrogen-bond donors (Lipinski definition) is 4. The van der Waals surface area contributed by atoms with E-state index in [1.54, 1.807) is 0 Å². The van der Waals surface area contributed by atoms with Gasteiger partial charge < -0.3 is 15.7 Å². The van der Waals surface area contributed by atoms with Crippen LogP contribution < -0.4 is 15.4 Å². The molecule has 1 heterocycles. The van der Waals surface area contributed by atoms with Gasteiger partial charge in [-0.1, -0.05) is 6.08 Å². The first-order valence-corrected chi connectivity index (χ1v) is 8.80. The van der Waals surface area contributed by atoms with Gasteiger partial charge in [0.25, 0.3) is 5.91 Å². The maximum atomic E-state index is 12.0. The number of amides is 1. The Morgan fingerprint density at radius 3 is 2.61 bits per heavy atom. The number of hydrogen-bond acceptors (Lipinski definition) is 5. The first-order chi connectivity index (χ1) is 10.9. The maximum absolute atomic E-state index is 12.0. The topological polar surface area (TPSA) is 108 Å². The SMILES string of the molecule is C=CCNS(=O)(=O)c1ccc(C(=O)NCC2CNCC2O)cc1. The van der Waals surface area contributed by atoms with Crippen LogP contribution in [0.4, 0.5) is 0 Å². The van der Waals surface area contributed by atoms with Crippen molar-refractivity contribution in [1.82, 2.24) is 15.4 Å². The Morgan fingerprint density at radius 2 is 2.04 bits per heavy atom. The Morgan fingerprint density at radius 1 is 1.35 bits per heavy atom. The third-order valence-corrected chi connectivity index (χ3v) is 5.11. The van der Waals surface area contributed by atoms with Gasteiger partial charge in [0.15, 0.2) is 0 Å². The van der Waals surface area contributed by atoms with Crippen LogP contribution in [0, 0.1) is 5.92 Å². The molecular formula is C15H21N3O4S. The van der Waals surface area contributed by atoms with Crippen LogP contribution in [0.3, 0.4) is 0 Å². The van der Waals surface area contributed by atoms with Crippen molar-refractivity contribution in [2.75, 3.05) is 26.2 Å². The van der Waals surface area contributed by atoms with Gasteiger partial charge in [-0.25, -0.2) is 13.1 Å². The van der Waals surface area contributed by atoms with Crippen molar-refractivity contribution in [3.63, 3.8) is 0 Å². The Labute approximate surface area is 135 Å². The Bertz CT molecular complexity index is 658. The number of sulfonamides is 1. The molecule has 2 rings (SSSR count). The lowest BCUT2D eigenvalue weighted by molar-refractivity contribution is 0.0927. The zero-order chi connectivity index (χ0) is 16.9. The largest absolute Gasteiger partial charge is 0.391 e. The molecule has 1 amide bonds. The highest BCUT2D eigenvalue weighted by molar-refractivity contribution is 7.89. The molecule has 8 heteroatoms. The van der Waals surface area contributed by atoms with Crippen LogP contribution in [0.5, 0.6) is 0 Å². The zero-order valence-electron chi connectivity index (χ0n) is 12.7. The molecule has 2 atom stereocenters. The molecule has 2 unspecified atom stereocenters. The molecule has 1 aliphatic heterocycles. The lowest BCUT2D eigenvalue weighted by Crippen LogP contribution is -2.34. The molecule has 1 aromatic rings. The van der Waals surface area contributed by atoms with Gasteiger partial charge in [0.1, 0.15) is 0 Å². The van der Waals surface area contributed by atoms with Crippen LogP contribution in [0.25, 0.3) is 0 Å². The summed E-state index contributed by atoms with van der Waals surface area (Å²) >= 11 is 0. The van der Waals surface area contributed by atoms with Crippen molar-refractivity contribution in [1.29, 1.82) is 0 Å². The van der Waals surface area contributed by atoms with Gasteiger partial charge in [-0.05, 0) is 24.3 Å². The smallest absolute Gasteiger partial charge is 0.251 e. The summed E-state index contributed by atoms with van der Waals surface area (Å²) in [6, 6.07) is 5.68. The predicted molar refractivity (Wildman–Crippen MR) is 86.5 cm³/mol. The molecule has 0 spiro atoms. The lowest BCUT2D eigenvalue weighted by atomic mass is 10.1. The fourth-order valence-corrected chi connectivity index (χ4v) is 3.29. The minimum Gasteiger partial charge on any atom is -0.391 e. The first kappa shape index (κ1) is 17.6. The highest BCUT2D eigenvalue weighted by Crippen LogP contribution is 2.11. The number of nitrogens with one attached hydrogen (secondary N) is 3. The number of aliphatic hydroxyl groups excluding tert-OH is 1. The molecule has 0 aromatic heterocycles. The number of benzene rings is 1. The summed E-state index contributed by atoms with van der Waals surface area (Å²) in [4.78, 5) is 12.1. The quantitative estimate of drug-likeness (QED) is 0.499. The highest BCUT2D eigenvalue weighted by Gasteiger charge is 2.25. The molecule has 1 saturated heterocycles. The van der Waals surface area contributed by atoms with Gasteiger partial charge in [0, 0.05) is 37.7 Å². The molecule has 23 heavy (non-hydrogen) atoms. The molecule has 0 radical (unpaired) electrons. The van der Waals surface area contributed by atoms with E-state index in [1.807, 2.05) is 0 Å². The molecule has 1 aliphatic rings. The summed E-state index contributed by atoms with van der Waals surface area (Å²) in [6.45, 7) is 5.15. The van der Waals surface area contributed by atoms with Crippen molar-refractivity contribution in [3.05, 3.63) is 42.5 Å². The molecule has 126 valence electrons. The minimum absolute atomic E-state index is 0.0123. The second kappa shape index (κ2) is 7.69. The van der Waals surface area contributed by atoms with E-state index in [4.69, 9.17) is 0 Å². The summed E-state index contributed by atoms with van der Waals surface area (Å²) < 4.78 is 26.2. The average Bonchev–Trinajstić information content (AvgIpc) is 2.96. The van der Waals surface area contributed by atoms with E-state index in [0.717, 1.165) is 0 Å². The summed E-state index contributed by atoms with van der Waals surface area (Å²) in [6.07, 6.45) is 0.991. The lowest BCUT2D eigenvalue weighted by Gasteiger charge is -2.14. The molecule has 1 aromatic carbocycles. The number of rotatable bonds is 7. The Kier molecular flexibility index (Phi) is 5.89. The van der Waals surface area contributed by atoms with Gasteiger partial charge in [-0.3, -0.25) is 4.79 Å². The first-order valence-electron chi connectivity index (χ1n) is 7.31. The maximum Gasteiger partial charge on any atom is 0.251 e. The molecule has 4 N–H and O–H groups in total. The standard InChI is InChI=1S/C15H21N3O4S/c1-2-7-18-23(21,22)13-5-3-11(4-6-13)15(20)17-9-12-8-16-10-14(12)19/h2-6,12,14,16,18-19H,1,7-10H2,(H,17,20). The molecule has 7 nitrogen and oxygen atoms in total. The van der Waals surface area contributed by atoms with Crippen molar-refractivity contribution in [2.45, 2.75) is 11.0 Å². The van der Waals surface area contributed by atoms with Crippen LogP contribution >= 0.6 is 0 Å². The molecular weight excluding hydrogens is 318 g/mol. The monoisotopic (exact) mass is 339 g/mol. The van der Waals surface area contributed by atoms with Gasteiger partial charge in [-0.15, -0.1) is 6.58 Å². The number of carbonyl (C=O) groups is 1. The second-order valence-corrected chi connectivity index (χ2v) is 7.13. The van der Waals surface area contributed by atoms with E-state index in [0.29, 0.717) is 25.2 Å². The third-order valence-electron chi connectivity index (χ3n) is 3.67. The average molecular weight is 339 g/mol. The van der Waals surface area contributed by atoms with Crippen LogP contribution in [0.1, 0.15) is 10.4 Å². The number of β-amino-alcohol motifs (C(OH)–C–C–N with tert-alkyl or cyclic N) is 1. The van der Waals surface area contributed by atoms with Gasteiger partial charge in [0.05, 0.1) is 11.0 Å². The minimum atomic E-state index is -3.59. The van der Waals surface area contributed by atoms with Crippen molar-refractivity contribution < 1.29 is 18.3 Å². The fraction of sp³-hybridized carbons (Fsp3) is 0.400. The van der Waals surface area contributed by atoms with E-state index in [2.05, 4.69) is 21.9 Å². The van der Waals surface area contributed by atoms with Gasteiger partial charge >= 0.3 is 0 Å². The third kappa shape index (κ3) is 4.61.